The second-order valence-electron chi connectivity index (χ2n) is 4.01. The van der Waals surface area contributed by atoms with Gasteiger partial charge in [-0.25, -0.2) is 0 Å². The summed E-state index contributed by atoms with van der Waals surface area (Å²) in [6.07, 6.45) is -2.07. The molecule has 2 rings (SSSR count). The lowest BCUT2D eigenvalue weighted by molar-refractivity contribution is -0.137. The molecule has 0 unspecified atom stereocenters. The van der Waals surface area contributed by atoms with Crippen molar-refractivity contribution >= 4 is 21.6 Å². The Balaban J connectivity index is 2.20. The van der Waals surface area contributed by atoms with Crippen molar-refractivity contribution < 1.29 is 13.2 Å². The Kier molecular flexibility index (Phi) is 3.15. The lowest BCUT2D eigenvalue weighted by Gasteiger charge is -2.14. The smallest absolute Gasteiger partial charge is 0.384 e. The highest BCUT2D eigenvalue weighted by Gasteiger charge is 2.33. The number of rotatable bonds is 3. The van der Waals surface area contributed by atoms with Gasteiger partial charge in [-0.1, -0.05) is 15.9 Å². The van der Waals surface area contributed by atoms with Crippen LogP contribution in [0.2, 0.25) is 0 Å². The lowest BCUT2D eigenvalue weighted by Crippen LogP contribution is -2.12. The van der Waals surface area contributed by atoms with Gasteiger partial charge >= 0.3 is 6.18 Å². The van der Waals surface area contributed by atoms with E-state index < -0.39 is 11.7 Å². The van der Waals surface area contributed by atoms with Gasteiger partial charge in [-0.2, -0.15) is 13.2 Å². The maximum atomic E-state index is 12.7. The van der Waals surface area contributed by atoms with Crippen LogP contribution in [0.15, 0.2) is 22.7 Å². The van der Waals surface area contributed by atoms with Gasteiger partial charge in [0.2, 0.25) is 0 Å². The quantitative estimate of drug-likeness (QED) is 0.877. The van der Waals surface area contributed by atoms with Crippen molar-refractivity contribution in [2.45, 2.75) is 19.0 Å². The van der Waals surface area contributed by atoms with Crippen LogP contribution in [0.25, 0.3) is 0 Å². The van der Waals surface area contributed by atoms with E-state index >= 15 is 0 Å². The van der Waals surface area contributed by atoms with E-state index in [1.807, 2.05) is 0 Å². The monoisotopic (exact) mass is 293 g/mol. The van der Waals surface area contributed by atoms with Crippen LogP contribution in [0.1, 0.15) is 18.4 Å². The van der Waals surface area contributed by atoms with E-state index in [9.17, 15) is 13.2 Å². The molecule has 1 aromatic carbocycles. The molecule has 1 saturated carbocycles. The zero-order valence-corrected chi connectivity index (χ0v) is 10.0. The van der Waals surface area contributed by atoms with Crippen molar-refractivity contribution in [3.63, 3.8) is 0 Å². The highest BCUT2D eigenvalue weighted by atomic mass is 79.9. The van der Waals surface area contributed by atoms with Gasteiger partial charge in [0.15, 0.2) is 0 Å². The minimum absolute atomic E-state index is 0.161. The normalized spacial score (nSPS) is 16.2. The fourth-order valence-electron chi connectivity index (χ4n) is 1.49. The van der Waals surface area contributed by atoms with E-state index in [0.717, 1.165) is 18.9 Å². The molecule has 1 aliphatic carbocycles. The van der Waals surface area contributed by atoms with Crippen molar-refractivity contribution in [3.8, 4) is 0 Å². The number of hydrogen-bond donors (Lipinski definition) is 1. The van der Waals surface area contributed by atoms with E-state index in [1.165, 1.54) is 12.1 Å². The third kappa shape index (κ3) is 2.90. The van der Waals surface area contributed by atoms with Crippen molar-refractivity contribution in [3.05, 3.63) is 28.2 Å². The van der Waals surface area contributed by atoms with E-state index in [4.69, 9.17) is 0 Å². The molecule has 88 valence electrons. The minimum Gasteiger partial charge on any atom is -0.384 e. The van der Waals surface area contributed by atoms with Crippen LogP contribution in [-0.2, 0) is 6.18 Å². The van der Waals surface area contributed by atoms with Crippen molar-refractivity contribution in [2.24, 2.45) is 5.92 Å². The molecule has 0 radical (unpaired) electrons. The first-order valence-electron chi connectivity index (χ1n) is 5.07. The molecule has 1 fully saturated rings. The van der Waals surface area contributed by atoms with E-state index in [2.05, 4.69) is 21.2 Å². The summed E-state index contributed by atoms with van der Waals surface area (Å²) in [6, 6.07) is 3.98. The molecule has 1 N–H and O–H groups in total. The number of benzene rings is 1. The second-order valence-corrected chi connectivity index (χ2v) is 4.93. The van der Waals surface area contributed by atoms with Gasteiger partial charge in [0.05, 0.1) is 5.56 Å². The zero-order chi connectivity index (χ0) is 11.8. The Morgan fingerprint density at radius 3 is 2.56 bits per heavy atom. The van der Waals surface area contributed by atoms with Crippen LogP contribution in [0.3, 0.4) is 0 Å². The van der Waals surface area contributed by atoms with E-state index in [1.54, 1.807) is 0 Å². The molecule has 1 nitrogen and oxygen atoms in total. The topological polar surface area (TPSA) is 12.0 Å². The van der Waals surface area contributed by atoms with Crippen LogP contribution in [0, 0.1) is 5.92 Å². The average molecular weight is 294 g/mol. The lowest BCUT2D eigenvalue weighted by atomic mass is 10.1. The molecule has 0 saturated heterocycles. The van der Waals surface area contributed by atoms with Crippen LogP contribution in [0.4, 0.5) is 18.9 Å². The Morgan fingerprint density at radius 1 is 1.31 bits per heavy atom. The van der Waals surface area contributed by atoms with Gasteiger partial charge in [-0.05, 0) is 37.0 Å². The first-order valence-corrected chi connectivity index (χ1v) is 5.87. The van der Waals surface area contributed by atoms with Crippen LogP contribution >= 0.6 is 15.9 Å². The molecule has 0 atom stereocenters. The number of hydrogen-bond acceptors (Lipinski definition) is 1. The Hall–Kier alpha value is -0.710. The highest BCUT2D eigenvalue weighted by Crippen LogP contribution is 2.37. The third-order valence-corrected chi connectivity index (χ3v) is 3.06. The minimum atomic E-state index is -4.30. The molecule has 1 aliphatic rings. The Morgan fingerprint density at radius 2 is 2.00 bits per heavy atom. The molecule has 0 heterocycles. The fraction of sp³-hybridized carbons (Fsp3) is 0.455. The summed E-state index contributed by atoms with van der Waals surface area (Å²) in [5.74, 6) is 0.542. The summed E-state index contributed by atoms with van der Waals surface area (Å²) in [7, 11) is 0. The number of anilines is 1. The first-order chi connectivity index (χ1) is 7.47. The molecule has 1 aromatic rings. The Labute approximate surface area is 100 Å². The molecular formula is C11H11BrF3N. The number of halogens is 4. The standard InChI is InChI=1S/C11H11BrF3N/c12-8-3-4-9(11(13,14)15)10(5-8)16-6-7-1-2-7/h3-5,7,16H,1-2,6H2. The summed E-state index contributed by atoms with van der Waals surface area (Å²) in [4.78, 5) is 0. The first kappa shape index (κ1) is 11.8. The summed E-state index contributed by atoms with van der Waals surface area (Å²) >= 11 is 3.18. The van der Waals surface area contributed by atoms with Gasteiger partial charge in [0.25, 0.3) is 0 Å². The highest BCUT2D eigenvalue weighted by molar-refractivity contribution is 9.10. The summed E-state index contributed by atoms with van der Waals surface area (Å²) in [5, 5.41) is 2.87. The maximum Gasteiger partial charge on any atom is 0.418 e. The molecule has 0 spiro atoms. The summed E-state index contributed by atoms with van der Waals surface area (Å²) in [6.45, 7) is 0.625. The summed E-state index contributed by atoms with van der Waals surface area (Å²) < 4.78 is 38.6. The maximum absolute atomic E-state index is 12.7. The van der Waals surface area contributed by atoms with Gasteiger partial charge in [0, 0.05) is 16.7 Å². The molecule has 0 aliphatic heterocycles. The number of alkyl halides is 3. The average Bonchev–Trinajstić information content (AvgIpc) is 2.96. The van der Waals surface area contributed by atoms with Crippen LogP contribution in [0.5, 0.6) is 0 Å². The largest absolute Gasteiger partial charge is 0.418 e. The summed E-state index contributed by atoms with van der Waals surface area (Å²) in [5.41, 5.74) is -0.440. The van der Waals surface area contributed by atoms with Crippen LogP contribution in [-0.4, -0.2) is 6.54 Å². The molecule has 16 heavy (non-hydrogen) atoms. The predicted molar refractivity (Wildman–Crippen MR) is 60.4 cm³/mol. The number of nitrogens with one attached hydrogen (secondary N) is 1. The zero-order valence-electron chi connectivity index (χ0n) is 8.44. The van der Waals surface area contributed by atoms with Crippen molar-refractivity contribution in [2.75, 3.05) is 11.9 Å². The van der Waals surface area contributed by atoms with Gasteiger partial charge in [-0.15, -0.1) is 0 Å². The van der Waals surface area contributed by atoms with Gasteiger partial charge < -0.3 is 5.32 Å². The van der Waals surface area contributed by atoms with Crippen molar-refractivity contribution in [1.82, 2.24) is 0 Å². The Bertz CT molecular complexity index is 385. The molecule has 5 heteroatoms. The molecule has 0 amide bonds. The predicted octanol–water partition coefficient (Wildman–Crippen LogP) is 4.29. The molecule has 0 bridgehead atoms. The molecule has 0 aromatic heterocycles. The van der Waals surface area contributed by atoms with Gasteiger partial charge in [0.1, 0.15) is 0 Å². The third-order valence-electron chi connectivity index (χ3n) is 2.57. The fourth-order valence-corrected chi connectivity index (χ4v) is 1.85. The van der Waals surface area contributed by atoms with Crippen molar-refractivity contribution in [1.29, 1.82) is 0 Å². The van der Waals surface area contributed by atoms with Gasteiger partial charge in [-0.3, -0.25) is 0 Å². The SMILES string of the molecule is FC(F)(F)c1ccc(Br)cc1NCC1CC1. The second kappa shape index (κ2) is 4.28. The van der Waals surface area contributed by atoms with E-state index in [-0.39, 0.29) is 5.69 Å². The van der Waals surface area contributed by atoms with Crippen LogP contribution < -0.4 is 5.32 Å². The molecular weight excluding hydrogens is 283 g/mol. The van der Waals surface area contributed by atoms with E-state index in [0.29, 0.717) is 16.9 Å².